The molecule has 0 spiro atoms. The monoisotopic (exact) mass is 431 g/mol. The molecular weight excluding hydrogens is 410 g/mol. The Labute approximate surface area is 173 Å². The first kappa shape index (κ1) is 19.8. The van der Waals surface area contributed by atoms with Crippen LogP contribution in [-0.2, 0) is 21.1 Å². The summed E-state index contributed by atoms with van der Waals surface area (Å²) in [6, 6.07) is 8.36. The Morgan fingerprint density at radius 3 is 2.79 bits per heavy atom. The third kappa shape index (κ3) is 4.56. The maximum Gasteiger partial charge on any atom is 0.248 e. The van der Waals surface area contributed by atoms with Crippen molar-refractivity contribution in [3.8, 4) is 11.5 Å². The number of sulfone groups is 1. The molecule has 0 saturated heterocycles. The molecule has 7 nitrogen and oxygen atoms in total. The summed E-state index contributed by atoms with van der Waals surface area (Å²) < 4.78 is 31.1. The van der Waals surface area contributed by atoms with Gasteiger partial charge in [-0.15, -0.1) is 10.2 Å². The Balaban J connectivity index is 1.36. The topological polar surface area (TPSA) is 102 Å². The van der Waals surface area contributed by atoms with E-state index in [1.54, 1.807) is 18.2 Å². The summed E-state index contributed by atoms with van der Waals surface area (Å²) >= 11 is 1.54. The average molecular weight is 432 g/mol. The molecule has 1 fully saturated rings. The first-order valence-electron chi connectivity index (χ1n) is 9.51. The Morgan fingerprint density at radius 2 is 2.03 bits per heavy atom. The Hall–Kier alpha value is -2.52. The summed E-state index contributed by atoms with van der Waals surface area (Å²) in [5, 5.41) is 14.2. The van der Waals surface area contributed by atoms with Gasteiger partial charge in [0.15, 0.2) is 9.84 Å². The molecule has 0 bridgehead atoms. The minimum absolute atomic E-state index is 0.158. The van der Waals surface area contributed by atoms with E-state index < -0.39 is 9.84 Å². The highest BCUT2D eigenvalue weighted by molar-refractivity contribution is 7.92. The minimum atomic E-state index is -3.35. The number of rotatable bonds is 7. The number of hydrogen-bond acceptors (Lipinski definition) is 7. The maximum atomic E-state index is 12.7. The molecular formula is C20H21N3O4S2. The predicted octanol–water partition coefficient (Wildman–Crippen LogP) is 4.09. The summed E-state index contributed by atoms with van der Waals surface area (Å²) in [5.74, 6) is 0.584. The zero-order valence-electron chi connectivity index (χ0n) is 15.7. The summed E-state index contributed by atoms with van der Waals surface area (Å²) in [6.45, 7) is 0. The fraction of sp³-hybridized carbons (Fsp3) is 0.350. The van der Waals surface area contributed by atoms with Crippen LogP contribution in [-0.4, -0.2) is 29.8 Å². The van der Waals surface area contributed by atoms with E-state index in [2.05, 4.69) is 15.5 Å². The van der Waals surface area contributed by atoms with Crippen molar-refractivity contribution in [2.75, 3.05) is 5.32 Å². The molecule has 152 valence electrons. The van der Waals surface area contributed by atoms with E-state index in [0.717, 1.165) is 18.4 Å². The number of carbonyl (C=O) groups is 1. The van der Waals surface area contributed by atoms with Crippen LogP contribution in [0.3, 0.4) is 0 Å². The number of aryl methyl sites for hydroxylation is 1. The molecule has 0 atom stereocenters. The molecule has 1 N–H and O–H groups in total. The molecule has 2 aromatic heterocycles. The SMILES string of the molecule is O=C(CCc1nnc(-c2ccsc2)o1)Nc1cccc(S(=O)(=O)C2CCCC2)c1. The van der Waals surface area contributed by atoms with Gasteiger partial charge in [-0.25, -0.2) is 8.42 Å². The quantitative estimate of drug-likeness (QED) is 0.605. The van der Waals surface area contributed by atoms with E-state index in [1.807, 2.05) is 16.8 Å². The van der Waals surface area contributed by atoms with Crippen LogP contribution in [0.25, 0.3) is 11.5 Å². The van der Waals surface area contributed by atoms with E-state index in [9.17, 15) is 13.2 Å². The van der Waals surface area contributed by atoms with Gasteiger partial charge in [0.05, 0.1) is 10.1 Å². The number of carbonyl (C=O) groups excluding carboxylic acids is 1. The van der Waals surface area contributed by atoms with Crippen molar-refractivity contribution in [3.05, 3.63) is 47.0 Å². The molecule has 2 heterocycles. The largest absolute Gasteiger partial charge is 0.421 e. The van der Waals surface area contributed by atoms with Crippen molar-refractivity contribution in [2.45, 2.75) is 48.7 Å². The third-order valence-electron chi connectivity index (χ3n) is 4.99. The summed E-state index contributed by atoms with van der Waals surface area (Å²) in [6.07, 6.45) is 3.77. The lowest BCUT2D eigenvalue weighted by Gasteiger charge is -2.12. The minimum Gasteiger partial charge on any atom is -0.421 e. The number of nitrogens with one attached hydrogen (secondary N) is 1. The van der Waals surface area contributed by atoms with E-state index in [1.165, 1.54) is 17.4 Å². The van der Waals surface area contributed by atoms with E-state index in [0.29, 0.717) is 36.7 Å². The van der Waals surface area contributed by atoms with Gasteiger partial charge in [-0.2, -0.15) is 11.3 Å². The van der Waals surface area contributed by atoms with Crippen LogP contribution in [0, 0.1) is 0 Å². The molecule has 1 aromatic carbocycles. The third-order valence-corrected chi connectivity index (χ3v) is 7.93. The van der Waals surface area contributed by atoms with Gasteiger partial charge >= 0.3 is 0 Å². The molecule has 1 amide bonds. The number of thiophene rings is 1. The number of nitrogens with zero attached hydrogens (tertiary/aromatic N) is 2. The van der Waals surface area contributed by atoms with Gasteiger partial charge in [0, 0.05) is 29.5 Å². The predicted molar refractivity (Wildman–Crippen MR) is 110 cm³/mol. The molecule has 0 aliphatic heterocycles. The summed E-state index contributed by atoms with van der Waals surface area (Å²) in [4.78, 5) is 12.6. The van der Waals surface area contributed by atoms with Crippen LogP contribution in [0.2, 0.25) is 0 Å². The summed E-state index contributed by atoms with van der Waals surface area (Å²) in [5.41, 5.74) is 1.33. The van der Waals surface area contributed by atoms with Crippen LogP contribution < -0.4 is 5.32 Å². The fourth-order valence-corrected chi connectivity index (χ4v) is 5.97. The lowest BCUT2D eigenvalue weighted by Crippen LogP contribution is -2.18. The van der Waals surface area contributed by atoms with Gasteiger partial charge in [0.1, 0.15) is 0 Å². The summed E-state index contributed by atoms with van der Waals surface area (Å²) in [7, 11) is -3.35. The van der Waals surface area contributed by atoms with Gasteiger partial charge in [-0.3, -0.25) is 4.79 Å². The standard InChI is InChI=1S/C20H21N3O4S2/c24-18(8-9-19-22-23-20(27-19)14-10-11-28-13-14)21-15-4-3-7-17(12-15)29(25,26)16-5-1-2-6-16/h3-4,7,10-13,16H,1-2,5-6,8-9H2,(H,21,24). The Morgan fingerprint density at radius 1 is 1.21 bits per heavy atom. The number of hydrogen-bond donors (Lipinski definition) is 1. The van der Waals surface area contributed by atoms with Crippen molar-refractivity contribution in [3.63, 3.8) is 0 Å². The van der Waals surface area contributed by atoms with Crippen LogP contribution in [0.15, 0.2) is 50.4 Å². The molecule has 4 rings (SSSR count). The maximum absolute atomic E-state index is 12.7. The molecule has 3 aromatic rings. The van der Waals surface area contributed by atoms with E-state index in [4.69, 9.17) is 4.42 Å². The van der Waals surface area contributed by atoms with Gasteiger partial charge in [-0.05, 0) is 42.5 Å². The fourth-order valence-electron chi connectivity index (χ4n) is 3.44. The molecule has 0 unspecified atom stereocenters. The first-order valence-corrected chi connectivity index (χ1v) is 12.0. The van der Waals surface area contributed by atoms with E-state index >= 15 is 0 Å². The van der Waals surface area contributed by atoms with Crippen LogP contribution in [0.1, 0.15) is 38.0 Å². The molecule has 1 aliphatic carbocycles. The van der Waals surface area contributed by atoms with Crippen LogP contribution in [0.4, 0.5) is 5.69 Å². The second kappa shape index (κ2) is 8.46. The number of amides is 1. The Kier molecular flexibility index (Phi) is 5.77. The normalized spacial score (nSPS) is 14.9. The molecule has 1 aliphatic rings. The van der Waals surface area contributed by atoms with Gasteiger partial charge in [0.2, 0.25) is 17.7 Å². The second-order valence-corrected chi connectivity index (χ2v) is 10.0. The highest BCUT2D eigenvalue weighted by Crippen LogP contribution is 2.30. The average Bonchev–Trinajstić information content (AvgIpc) is 3.49. The lowest BCUT2D eigenvalue weighted by molar-refractivity contribution is -0.116. The van der Waals surface area contributed by atoms with Gasteiger partial charge in [-0.1, -0.05) is 18.9 Å². The molecule has 9 heteroatoms. The first-order chi connectivity index (χ1) is 14.0. The van der Waals surface area contributed by atoms with Crippen molar-refractivity contribution in [1.29, 1.82) is 0 Å². The molecule has 0 radical (unpaired) electrons. The number of benzene rings is 1. The number of aromatic nitrogens is 2. The van der Waals surface area contributed by atoms with Gasteiger partial charge in [0.25, 0.3) is 0 Å². The smallest absolute Gasteiger partial charge is 0.248 e. The second-order valence-electron chi connectivity index (χ2n) is 7.04. The zero-order valence-corrected chi connectivity index (χ0v) is 17.3. The number of anilines is 1. The molecule has 29 heavy (non-hydrogen) atoms. The van der Waals surface area contributed by atoms with E-state index in [-0.39, 0.29) is 22.5 Å². The Bertz CT molecular complexity index is 1080. The van der Waals surface area contributed by atoms with Gasteiger partial charge < -0.3 is 9.73 Å². The van der Waals surface area contributed by atoms with Crippen LogP contribution >= 0.6 is 11.3 Å². The van der Waals surface area contributed by atoms with Crippen molar-refractivity contribution >= 4 is 32.8 Å². The van der Waals surface area contributed by atoms with Crippen molar-refractivity contribution < 1.29 is 17.6 Å². The zero-order chi connectivity index (χ0) is 20.3. The van der Waals surface area contributed by atoms with Crippen LogP contribution in [0.5, 0.6) is 0 Å². The van der Waals surface area contributed by atoms with Crippen molar-refractivity contribution in [1.82, 2.24) is 10.2 Å². The highest BCUT2D eigenvalue weighted by atomic mass is 32.2. The van der Waals surface area contributed by atoms with Crippen molar-refractivity contribution in [2.24, 2.45) is 0 Å². The molecule has 1 saturated carbocycles. The lowest BCUT2D eigenvalue weighted by atomic mass is 10.2. The highest BCUT2D eigenvalue weighted by Gasteiger charge is 2.30.